The Bertz CT molecular complexity index is 2960. The number of anilines is 2. The Morgan fingerprint density at radius 3 is 1.17 bits per heavy atom. The van der Waals surface area contributed by atoms with Gasteiger partial charge in [0.25, 0.3) is 0 Å². The van der Waals surface area contributed by atoms with Gasteiger partial charge in [-0.15, -0.1) is 0 Å². The molecule has 0 aliphatic carbocycles. The monoisotopic (exact) mass is 758 g/mol. The molecule has 8 aromatic carbocycles. The first-order chi connectivity index (χ1) is 29.2. The molecule has 0 atom stereocenters. The van der Waals surface area contributed by atoms with Crippen LogP contribution in [-0.2, 0) is 13.1 Å². The van der Waals surface area contributed by atoms with Gasteiger partial charge >= 0.3 is 0 Å². The second-order valence-electron chi connectivity index (χ2n) is 15.6. The normalized spacial score (nSPS) is 13.2. The van der Waals surface area contributed by atoms with Crippen LogP contribution in [0.15, 0.2) is 194 Å². The highest BCUT2D eigenvalue weighted by atomic mass is 15.4. The van der Waals surface area contributed by atoms with Crippen LogP contribution in [-0.4, -0.2) is 25.8 Å². The molecule has 2 aliphatic heterocycles. The van der Waals surface area contributed by atoms with Gasteiger partial charge in [-0.25, -0.2) is 9.97 Å². The zero-order chi connectivity index (χ0) is 38.9. The standard InChI is InChI=1S/C53H38N6/c1-3-11-38(12-4-1)52-54-46-15-7-9-17-50(46)58(52)44-25-19-36(20-26-44)40-23-29-48-42(31-40)33-56-35-57(48)34-43-32-41(24-30-49(43)56)37-21-27-45(28-22-37)59-51-18-10-8-16-47(51)55-53(59)39-13-5-2-6-14-39/h1-32H,33-35H2. The summed E-state index contributed by atoms with van der Waals surface area (Å²) in [5, 5.41) is 0. The topological polar surface area (TPSA) is 42.1 Å². The van der Waals surface area contributed by atoms with Crippen molar-refractivity contribution in [2.45, 2.75) is 13.1 Å². The Kier molecular flexibility index (Phi) is 7.63. The highest BCUT2D eigenvalue weighted by Crippen LogP contribution is 2.41. The summed E-state index contributed by atoms with van der Waals surface area (Å²) in [7, 11) is 0. The van der Waals surface area contributed by atoms with Crippen LogP contribution < -0.4 is 9.80 Å². The maximum atomic E-state index is 5.03. The Hall–Kier alpha value is -7.70. The summed E-state index contributed by atoms with van der Waals surface area (Å²) in [6.07, 6.45) is 0. The number of imidazole rings is 2. The summed E-state index contributed by atoms with van der Waals surface area (Å²) in [6.45, 7) is 2.65. The smallest absolute Gasteiger partial charge is 0.145 e. The molecule has 10 aromatic rings. The van der Waals surface area contributed by atoms with Crippen molar-refractivity contribution in [2.24, 2.45) is 0 Å². The summed E-state index contributed by atoms with van der Waals surface area (Å²) in [6, 6.07) is 69.5. The number of nitrogens with zero attached hydrogens (tertiary/aromatic N) is 6. The molecular formula is C53H38N6. The van der Waals surface area contributed by atoms with Crippen molar-refractivity contribution >= 4 is 33.4 Å². The van der Waals surface area contributed by atoms with Crippen LogP contribution in [0.1, 0.15) is 11.1 Å². The van der Waals surface area contributed by atoms with Crippen molar-refractivity contribution in [3.63, 3.8) is 0 Å². The predicted octanol–water partition coefficient (Wildman–Crippen LogP) is 12.3. The third-order valence-electron chi connectivity index (χ3n) is 12.0. The average Bonchev–Trinajstić information content (AvgIpc) is 3.89. The summed E-state index contributed by atoms with van der Waals surface area (Å²) in [5.41, 5.74) is 18.8. The lowest BCUT2D eigenvalue weighted by Gasteiger charge is -2.45. The van der Waals surface area contributed by atoms with Gasteiger partial charge in [-0.2, -0.15) is 0 Å². The van der Waals surface area contributed by atoms with Gasteiger partial charge in [-0.05, 0) is 106 Å². The lowest BCUT2D eigenvalue weighted by molar-refractivity contribution is 0.651. The molecule has 0 amide bonds. The van der Waals surface area contributed by atoms with Crippen LogP contribution in [0.2, 0.25) is 0 Å². The first kappa shape index (κ1) is 33.4. The van der Waals surface area contributed by atoms with Crippen LogP contribution in [0.25, 0.3) is 78.5 Å². The molecule has 0 fully saturated rings. The highest BCUT2D eigenvalue weighted by molar-refractivity contribution is 5.85. The fourth-order valence-electron chi connectivity index (χ4n) is 9.18. The minimum absolute atomic E-state index is 0.878. The van der Waals surface area contributed by atoms with E-state index in [-0.39, 0.29) is 0 Å². The van der Waals surface area contributed by atoms with E-state index in [1.807, 2.05) is 12.1 Å². The van der Waals surface area contributed by atoms with E-state index in [9.17, 15) is 0 Å². The van der Waals surface area contributed by atoms with Crippen molar-refractivity contribution < 1.29 is 0 Å². The van der Waals surface area contributed by atoms with Crippen molar-refractivity contribution in [3.8, 4) is 56.4 Å². The Morgan fingerprint density at radius 1 is 0.339 bits per heavy atom. The first-order valence-electron chi connectivity index (χ1n) is 20.3. The molecule has 6 heteroatoms. The van der Waals surface area contributed by atoms with Crippen LogP contribution in [0.5, 0.6) is 0 Å². The molecule has 59 heavy (non-hydrogen) atoms. The zero-order valence-electron chi connectivity index (χ0n) is 32.3. The van der Waals surface area contributed by atoms with Crippen LogP contribution in [0.3, 0.4) is 0 Å². The number of hydrogen-bond donors (Lipinski definition) is 0. The van der Waals surface area contributed by atoms with Crippen molar-refractivity contribution in [2.75, 3.05) is 16.5 Å². The number of para-hydroxylation sites is 4. The van der Waals surface area contributed by atoms with Gasteiger partial charge < -0.3 is 9.80 Å². The van der Waals surface area contributed by atoms with Gasteiger partial charge in [0.2, 0.25) is 0 Å². The number of hydrogen-bond acceptors (Lipinski definition) is 4. The van der Waals surface area contributed by atoms with Gasteiger partial charge in [0.1, 0.15) is 11.6 Å². The largest absolute Gasteiger partial charge is 0.349 e. The molecular weight excluding hydrogens is 721 g/mol. The second kappa shape index (κ2) is 13.5. The molecule has 6 nitrogen and oxygen atoms in total. The van der Waals surface area contributed by atoms with E-state index in [1.165, 1.54) is 44.8 Å². The van der Waals surface area contributed by atoms with E-state index in [0.29, 0.717) is 0 Å². The molecule has 12 rings (SSSR count). The minimum Gasteiger partial charge on any atom is -0.349 e. The quantitative estimate of drug-likeness (QED) is 0.169. The maximum Gasteiger partial charge on any atom is 0.145 e. The fourth-order valence-corrected chi connectivity index (χ4v) is 9.18. The highest BCUT2D eigenvalue weighted by Gasteiger charge is 2.30. The molecule has 280 valence electrons. The molecule has 0 spiro atoms. The molecule has 0 saturated heterocycles. The number of fused-ring (bicyclic) bond motifs is 8. The maximum absolute atomic E-state index is 5.03. The van der Waals surface area contributed by atoms with Crippen LogP contribution >= 0.6 is 0 Å². The Morgan fingerprint density at radius 2 is 0.729 bits per heavy atom. The fraction of sp³-hybridized carbons (Fsp3) is 0.0566. The number of aromatic nitrogens is 4. The summed E-state index contributed by atoms with van der Waals surface area (Å²) < 4.78 is 4.54. The van der Waals surface area contributed by atoms with E-state index >= 15 is 0 Å². The third kappa shape index (κ3) is 5.64. The molecule has 2 bridgehead atoms. The van der Waals surface area contributed by atoms with E-state index in [4.69, 9.17) is 9.97 Å². The van der Waals surface area contributed by atoms with E-state index < -0.39 is 0 Å². The molecule has 0 saturated carbocycles. The second-order valence-corrected chi connectivity index (χ2v) is 15.6. The SMILES string of the molecule is c1ccc(-c2nc3ccccc3n2-c2ccc(-c3ccc4c(c3)CN3CN4Cc4cc(-c5ccc(-n6c(-c7ccccc7)nc7ccccc76)cc5)ccc43)cc2)cc1. The minimum atomic E-state index is 0.878. The first-order valence-corrected chi connectivity index (χ1v) is 20.3. The van der Waals surface area contributed by atoms with Gasteiger partial charge in [0, 0.05) is 47.0 Å². The van der Waals surface area contributed by atoms with Crippen molar-refractivity contribution in [1.82, 2.24) is 19.1 Å². The molecule has 2 aromatic heterocycles. The lowest BCUT2D eigenvalue weighted by Crippen LogP contribution is -2.46. The number of rotatable bonds is 6. The van der Waals surface area contributed by atoms with Gasteiger partial charge in [-0.3, -0.25) is 9.13 Å². The Labute approximate surface area is 342 Å². The van der Waals surface area contributed by atoms with E-state index in [2.05, 4.69) is 201 Å². The lowest BCUT2D eigenvalue weighted by atomic mass is 9.95. The molecule has 0 N–H and O–H groups in total. The zero-order valence-corrected chi connectivity index (χ0v) is 32.3. The van der Waals surface area contributed by atoms with E-state index in [0.717, 1.165) is 76.0 Å². The van der Waals surface area contributed by atoms with Crippen molar-refractivity contribution in [3.05, 3.63) is 205 Å². The van der Waals surface area contributed by atoms with Gasteiger partial charge in [0.15, 0.2) is 0 Å². The van der Waals surface area contributed by atoms with Crippen LogP contribution in [0, 0.1) is 0 Å². The Balaban J connectivity index is 0.813. The summed E-state index contributed by atoms with van der Waals surface area (Å²) >= 11 is 0. The molecule has 0 radical (unpaired) electrons. The predicted molar refractivity (Wildman–Crippen MR) is 241 cm³/mol. The van der Waals surface area contributed by atoms with Gasteiger partial charge in [-0.1, -0.05) is 121 Å². The van der Waals surface area contributed by atoms with Crippen LogP contribution in [0.4, 0.5) is 11.4 Å². The average molecular weight is 759 g/mol. The number of benzene rings is 8. The van der Waals surface area contributed by atoms with E-state index in [1.54, 1.807) is 0 Å². The molecule has 0 unspecified atom stereocenters. The summed E-state index contributed by atoms with van der Waals surface area (Å²) in [5.74, 6) is 1.90. The third-order valence-corrected chi connectivity index (χ3v) is 12.0. The molecule has 2 aliphatic rings. The van der Waals surface area contributed by atoms with Gasteiger partial charge in [0.05, 0.1) is 28.7 Å². The molecule has 4 heterocycles. The summed E-state index contributed by atoms with van der Waals surface area (Å²) in [4.78, 5) is 15.1. The van der Waals surface area contributed by atoms with Crippen molar-refractivity contribution in [1.29, 1.82) is 0 Å².